The average molecular weight is 527 g/mol. The molecule has 0 unspecified atom stereocenters. The molecule has 0 heterocycles. The monoisotopic (exact) mass is 526 g/mol. The molecular weight excluding hydrogens is 482 g/mol. The van der Waals surface area contributed by atoms with Gasteiger partial charge in [0.05, 0.1) is 0 Å². The normalized spacial score (nSPS) is 19.8. The fourth-order valence-corrected chi connectivity index (χ4v) is 16.6. The summed E-state index contributed by atoms with van der Waals surface area (Å²) in [6.45, 7) is 17.6. The molecule has 0 saturated heterocycles. The van der Waals surface area contributed by atoms with Crippen LogP contribution in [0.2, 0.25) is 0 Å². The van der Waals surface area contributed by atoms with Crippen LogP contribution in [0.1, 0.15) is 67.7 Å². The van der Waals surface area contributed by atoms with Crippen molar-refractivity contribution in [2.45, 2.75) is 89.4 Å². The van der Waals surface area contributed by atoms with Crippen molar-refractivity contribution in [1.29, 1.82) is 0 Å². The number of hydrogen-bond acceptors (Lipinski definition) is 0. The first kappa shape index (κ1) is 26.9. The summed E-state index contributed by atoms with van der Waals surface area (Å²) in [6.07, 6.45) is 4.10. The van der Waals surface area contributed by atoms with Crippen LogP contribution in [0, 0.1) is 5.92 Å². The highest BCUT2D eigenvalue weighted by molar-refractivity contribution is 7.74. The van der Waals surface area contributed by atoms with Gasteiger partial charge in [0.15, 0.2) is 0 Å². The van der Waals surface area contributed by atoms with Crippen molar-refractivity contribution in [2.24, 2.45) is 5.92 Å². The fourth-order valence-electron chi connectivity index (χ4n) is 7.60. The molecule has 1 fully saturated rings. The van der Waals surface area contributed by atoms with Gasteiger partial charge in [-0.2, -0.15) is 0 Å². The highest BCUT2D eigenvalue weighted by Crippen LogP contribution is 2.67. The quantitative estimate of drug-likeness (QED) is 0.227. The Labute approximate surface area is 227 Å². The Morgan fingerprint density at radius 2 is 1.08 bits per heavy atom. The Balaban J connectivity index is 1.70. The van der Waals surface area contributed by atoms with Gasteiger partial charge in [0, 0.05) is 0 Å². The van der Waals surface area contributed by atoms with Gasteiger partial charge in [-0.1, -0.05) is 148 Å². The number of rotatable bonds is 5. The molecule has 37 heavy (non-hydrogen) atoms. The topological polar surface area (TPSA) is 0 Å². The number of benzene rings is 4. The highest BCUT2D eigenvalue weighted by Gasteiger charge is 2.46. The van der Waals surface area contributed by atoms with Crippen molar-refractivity contribution in [3.05, 3.63) is 84.9 Å². The summed E-state index contributed by atoms with van der Waals surface area (Å²) < 4.78 is 0. The van der Waals surface area contributed by atoms with E-state index in [2.05, 4.69) is 133 Å². The fraction of sp³-hybridized carbons (Fsp3) is 0.429. The third-order valence-corrected chi connectivity index (χ3v) is 15.6. The molecule has 1 aliphatic rings. The van der Waals surface area contributed by atoms with Crippen LogP contribution in [0.3, 0.4) is 0 Å². The van der Waals surface area contributed by atoms with Crippen molar-refractivity contribution in [3.63, 3.8) is 0 Å². The predicted octanol–water partition coefficient (Wildman–Crippen LogP) is 10.1. The van der Waals surface area contributed by atoms with E-state index in [9.17, 15) is 0 Å². The van der Waals surface area contributed by atoms with E-state index >= 15 is 0 Å². The van der Waals surface area contributed by atoms with E-state index in [0.717, 1.165) is 17.2 Å². The smallest absolute Gasteiger partial charge is 0.00941 e. The third-order valence-electron chi connectivity index (χ3n) is 8.39. The van der Waals surface area contributed by atoms with Gasteiger partial charge in [-0.3, -0.25) is 0 Å². The van der Waals surface area contributed by atoms with E-state index in [1.165, 1.54) is 40.8 Å². The summed E-state index contributed by atoms with van der Waals surface area (Å²) in [4.78, 5) is 0. The molecule has 4 aromatic rings. The summed E-state index contributed by atoms with van der Waals surface area (Å²) in [7, 11) is -0.672. The number of hydrogen-bond donors (Lipinski definition) is 0. The minimum absolute atomic E-state index is 0.163. The van der Waals surface area contributed by atoms with E-state index in [0.29, 0.717) is 10.3 Å². The molecule has 1 saturated carbocycles. The molecule has 0 amide bonds. The average Bonchev–Trinajstić information content (AvgIpc) is 3.32. The first-order valence-electron chi connectivity index (χ1n) is 14.1. The summed E-state index contributed by atoms with van der Waals surface area (Å²) in [5, 5.41) is 9.54. The SMILES string of the molecule is C[C@H]([C@@H]1CCC[C@@H]1P(c1cccc2ccccc12)c1cccc2ccccc12)P(C(C)(C)C)C(C)(C)C. The molecule has 0 radical (unpaired) electrons. The van der Waals surface area contributed by atoms with Crippen molar-refractivity contribution in [1.82, 2.24) is 0 Å². The van der Waals surface area contributed by atoms with Crippen molar-refractivity contribution < 1.29 is 0 Å². The molecule has 0 nitrogen and oxygen atoms in total. The molecular formula is C35H44P2. The zero-order valence-corrected chi connectivity index (χ0v) is 25.6. The Bertz CT molecular complexity index is 1270. The molecule has 1 aliphatic carbocycles. The Hall–Kier alpha value is -1.74. The van der Waals surface area contributed by atoms with Crippen LogP contribution < -0.4 is 10.6 Å². The van der Waals surface area contributed by atoms with Crippen LogP contribution >= 0.6 is 15.8 Å². The van der Waals surface area contributed by atoms with Crippen LogP contribution in [0.25, 0.3) is 21.5 Å². The van der Waals surface area contributed by atoms with Crippen LogP contribution in [-0.4, -0.2) is 21.6 Å². The van der Waals surface area contributed by atoms with E-state index in [-0.39, 0.29) is 7.92 Å². The lowest BCUT2D eigenvalue weighted by atomic mass is 10.0. The lowest BCUT2D eigenvalue weighted by Gasteiger charge is -2.49. The standard InChI is InChI=1S/C35H44P2/c1-25(37(34(2,3)4)35(5,6)7)28-21-14-24-31(28)36(32-22-12-17-26-15-8-10-19-29(26)32)33-23-13-18-27-16-9-11-20-30(27)33/h8-13,15-20,22-23,25,28,31H,14,21,24H2,1-7H3/t25-,28+,31+/m1/s1. The van der Waals surface area contributed by atoms with E-state index in [1.807, 2.05) is 0 Å². The maximum absolute atomic E-state index is 2.63. The molecule has 0 spiro atoms. The predicted molar refractivity (Wildman–Crippen MR) is 171 cm³/mol. The minimum atomic E-state index is -0.509. The second-order valence-electron chi connectivity index (χ2n) is 13.0. The van der Waals surface area contributed by atoms with Crippen LogP contribution in [0.4, 0.5) is 0 Å². The third kappa shape index (κ3) is 5.27. The molecule has 0 aliphatic heterocycles. The molecule has 194 valence electrons. The van der Waals surface area contributed by atoms with E-state index in [1.54, 1.807) is 10.6 Å². The zero-order chi connectivity index (χ0) is 26.4. The second kappa shape index (κ2) is 10.4. The van der Waals surface area contributed by atoms with Crippen LogP contribution in [-0.2, 0) is 0 Å². The molecule has 0 N–H and O–H groups in total. The first-order valence-corrected chi connectivity index (χ1v) is 16.9. The van der Waals surface area contributed by atoms with E-state index < -0.39 is 7.92 Å². The van der Waals surface area contributed by atoms with Crippen molar-refractivity contribution >= 4 is 48.0 Å². The zero-order valence-electron chi connectivity index (χ0n) is 23.8. The summed E-state index contributed by atoms with van der Waals surface area (Å²) in [5.41, 5.74) is 1.47. The van der Waals surface area contributed by atoms with Gasteiger partial charge in [0.25, 0.3) is 0 Å². The maximum Gasteiger partial charge on any atom is -0.00941 e. The van der Waals surface area contributed by atoms with Gasteiger partial charge in [-0.15, -0.1) is 0 Å². The summed E-state index contributed by atoms with van der Waals surface area (Å²) in [5.74, 6) is 0.772. The van der Waals surface area contributed by atoms with Crippen LogP contribution in [0.5, 0.6) is 0 Å². The summed E-state index contributed by atoms with van der Waals surface area (Å²) in [6, 6.07) is 32.3. The molecule has 4 aromatic carbocycles. The molecule has 0 aromatic heterocycles. The van der Waals surface area contributed by atoms with Gasteiger partial charge in [0.1, 0.15) is 0 Å². The van der Waals surface area contributed by atoms with E-state index in [4.69, 9.17) is 0 Å². The van der Waals surface area contributed by atoms with Gasteiger partial charge >= 0.3 is 0 Å². The van der Waals surface area contributed by atoms with Crippen molar-refractivity contribution in [2.75, 3.05) is 0 Å². The minimum Gasteiger partial charge on any atom is -0.0924 e. The molecule has 2 heteroatoms. The largest absolute Gasteiger partial charge is 0.0924 e. The lowest BCUT2D eigenvalue weighted by Crippen LogP contribution is -2.37. The van der Waals surface area contributed by atoms with Gasteiger partial charge in [-0.05, 0) is 80.5 Å². The number of fused-ring (bicyclic) bond motifs is 2. The second-order valence-corrected chi connectivity index (χ2v) is 19.6. The highest BCUT2D eigenvalue weighted by atomic mass is 31.1. The van der Waals surface area contributed by atoms with Gasteiger partial charge in [-0.25, -0.2) is 0 Å². The Morgan fingerprint density at radius 3 is 1.57 bits per heavy atom. The van der Waals surface area contributed by atoms with Gasteiger partial charge < -0.3 is 0 Å². The van der Waals surface area contributed by atoms with Crippen molar-refractivity contribution in [3.8, 4) is 0 Å². The molecule has 3 atom stereocenters. The van der Waals surface area contributed by atoms with Gasteiger partial charge in [0.2, 0.25) is 0 Å². The Kier molecular flexibility index (Phi) is 7.57. The first-order chi connectivity index (χ1) is 17.6. The lowest BCUT2D eigenvalue weighted by molar-refractivity contribution is 0.527. The summed E-state index contributed by atoms with van der Waals surface area (Å²) >= 11 is 0. The Morgan fingerprint density at radius 1 is 0.622 bits per heavy atom. The maximum atomic E-state index is 2.63. The van der Waals surface area contributed by atoms with Crippen LogP contribution in [0.15, 0.2) is 84.9 Å². The molecule has 0 bridgehead atoms. The molecule has 5 rings (SSSR count).